The molecule has 6 heteroatoms. The third-order valence-electron chi connectivity index (χ3n) is 4.53. The molecule has 2 N–H and O–H groups in total. The number of ether oxygens (including phenoxy) is 2. The second-order valence-corrected chi connectivity index (χ2v) is 7.78. The predicted octanol–water partition coefficient (Wildman–Crippen LogP) is 4.73. The van der Waals surface area contributed by atoms with Crippen molar-refractivity contribution in [3.63, 3.8) is 0 Å². The monoisotopic (exact) mass is 408 g/mol. The van der Waals surface area contributed by atoms with E-state index in [1.54, 1.807) is 37.5 Å². The molecule has 1 saturated carbocycles. The Bertz CT molecular complexity index is 933. The summed E-state index contributed by atoms with van der Waals surface area (Å²) in [5.74, 6) is 1.62. The lowest BCUT2D eigenvalue weighted by molar-refractivity contribution is -0.117. The molecule has 1 aliphatic rings. The van der Waals surface area contributed by atoms with Crippen molar-refractivity contribution in [3.8, 4) is 11.5 Å². The Morgan fingerprint density at radius 1 is 1.07 bits per heavy atom. The Morgan fingerprint density at radius 3 is 2.47 bits per heavy atom. The number of hydrogen-bond donors (Lipinski definition) is 2. The summed E-state index contributed by atoms with van der Waals surface area (Å²) in [7, 11) is 1.59. The van der Waals surface area contributed by atoms with E-state index in [0.29, 0.717) is 35.4 Å². The minimum absolute atomic E-state index is 0.0353. The van der Waals surface area contributed by atoms with Crippen molar-refractivity contribution < 1.29 is 19.1 Å². The summed E-state index contributed by atoms with van der Waals surface area (Å²) in [5, 5.41) is 5.69. The molecular formula is C24H28N2O4. The number of anilines is 2. The highest BCUT2D eigenvalue weighted by molar-refractivity contribution is 6.02. The highest BCUT2D eigenvalue weighted by Gasteiger charge is 2.29. The third kappa shape index (κ3) is 6.37. The first-order valence-electron chi connectivity index (χ1n) is 10.2. The summed E-state index contributed by atoms with van der Waals surface area (Å²) in [6.45, 7) is 4.77. The number of carbonyl (C=O) groups excluding carboxylic acids is 2. The number of methoxy groups -OCH3 is 1. The van der Waals surface area contributed by atoms with Crippen LogP contribution in [0.4, 0.5) is 11.4 Å². The average molecular weight is 408 g/mol. The van der Waals surface area contributed by atoms with Crippen molar-refractivity contribution in [2.45, 2.75) is 26.7 Å². The van der Waals surface area contributed by atoms with Crippen LogP contribution in [0.25, 0.3) is 6.08 Å². The SMILES string of the molecule is COc1cc(/C=C/C(=O)Nc2cccc(NC(=O)C3CC3)c2)ccc1OCC(C)C. The molecule has 2 amide bonds. The van der Waals surface area contributed by atoms with Crippen molar-refractivity contribution in [2.24, 2.45) is 11.8 Å². The summed E-state index contributed by atoms with van der Waals surface area (Å²) in [5.41, 5.74) is 2.12. The molecule has 3 rings (SSSR count). The van der Waals surface area contributed by atoms with Gasteiger partial charge in [0.1, 0.15) is 0 Å². The van der Waals surface area contributed by atoms with Crippen molar-refractivity contribution in [1.29, 1.82) is 0 Å². The summed E-state index contributed by atoms with van der Waals surface area (Å²) >= 11 is 0. The van der Waals surface area contributed by atoms with Gasteiger partial charge in [-0.05, 0) is 60.7 Å². The van der Waals surface area contributed by atoms with E-state index < -0.39 is 0 Å². The minimum Gasteiger partial charge on any atom is -0.493 e. The summed E-state index contributed by atoms with van der Waals surface area (Å²) in [4.78, 5) is 24.2. The number of nitrogens with one attached hydrogen (secondary N) is 2. The lowest BCUT2D eigenvalue weighted by Gasteiger charge is -2.12. The third-order valence-corrected chi connectivity index (χ3v) is 4.53. The van der Waals surface area contributed by atoms with Gasteiger partial charge in [0.25, 0.3) is 0 Å². The average Bonchev–Trinajstić information content (AvgIpc) is 3.56. The zero-order valence-corrected chi connectivity index (χ0v) is 17.6. The first-order valence-corrected chi connectivity index (χ1v) is 10.2. The van der Waals surface area contributed by atoms with Crippen LogP contribution in [0.3, 0.4) is 0 Å². The normalized spacial score (nSPS) is 13.3. The van der Waals surface area contributed by atoms with Gasteiger partial charge in [-0.1, -0.05) is 26.0 Å². The first kappa shape index (κ1) is 21.4. The zero-order chi connectivity index (χ0) is 21.5. The van der Waals surface area contributed by atoms with Crippen LogP contribution in [-0.4, -0.2) is 25.5 Å². The minimum atomic E-state index is -0.264. The molecule has 0 unspecified atom stereocenters. The Labute approximate surface area is 177 Å². The van der Waals surface area contributed by atoms with Crippen LogP contribution in [0.5, 0.6) is 11.5 Å². The molecule has 0 atom stereocenters. The summed E-state index contributed by atoms with van der Waals surface area (Å²) in [6, 6.07) is 12.7. The molecule has 0 aliphatic heterocycles. The highest BCUT2D eigenvalue weighted by atomic mass is 16.5. The van der Waals surface area contributed by atoms with Gasteiger partial charge in [0.15, 0.2) is 11.5 Å². The van der Waals surface area contributed by atoms with Gasteiger partial charge in [0.2, 0.25) is 11.8 Å². The van der Waals surface area contributed by atoms with E-state index in [1.165, 1.54) is 6.08 Å². The van der Waals surface area contributed by atoms with E-state index in [9.17, 15) is 9.59 Å². The molecule has 0 aromatic heterocycles. The standard InChI is InChI=1S/C24H28N2O4/c1-16(2)15-30-21-11-7-17(13-22(21)29-3)8-12-23(27)25-19-5-4-6-20(14-19)26-24(28)18-9-10-18/h4-8,11-14,16,18H,9-10,15H2,1-3H3,(H,25,27)(H,26,28)/b12-8+. The quantitative estimate of drug-likeness (QED) is 0.588. The fourth-order valence-corrected chi connectivity index (χ4v) is 2.78. The van der Waals surface area contributed by atoms with Gasteiger partial charge in [0.05, 0.1) is 13.7 Å². The van der Waals surface area contributed by atoms with Gasteiger partial charge in [-0.3, -0.25) is 9.59 Å². The van der Waals surface area contributed by atoms with E-state index >= 15 is 0 Å². The molecule has 1 fully saturated rings. The molecule has 6 nitrogen and oxygen atoms in total. The van der Waals surface area contributed by atoms with Crippen LogP contribution in [0.2, 0.25) is 0 Å². The number of rotatable bonds is 9. The Hall–Kier alpha value is -3.28. The summed E-state index contributed by atoms with van der Waals surface area (Å²) in [6.07, 6.45) is 5.06. The maximum Gasteiger partial charge on any atom is 0.248 e. The Balaban J connectivity index is 1.59. The van der Waals surface area contributed by atoms with E-state index in [4.69, 9.17) is 9.47 Å². The van der Waals surface area contributed by atoms with Crippen LogP contribution < -0.4 is 20.1 Å². The molecule has 30 heavy (non-hydrogen) atoms. The molecule has 0 radical (unpaired) electrons. The van der Waals surface area contributed by atoms with Crippen LogP contribution >= 0.6 is 0 Å². The van der Waals surface area contributed by atoms with Crippen molar-refractivity contribution in [3.05, 3.63) is 54.1 Å². The van der Waals surface area contributed by atoms with E-state index in [-0.39, 0.29) is 17.7 Å². The maximum atomic E-state index is 12.3. The van der Waals surface area contributed by atoms with Gasteiger partial charge in [-0.15, -0.1) is 0 Å². The zero-order valence-electron chi connectivity index (χ0n) is 17.6. The Morgan fingerprint density at radius 2 is 1.80 bits per heavy atom. The largest absolute Gasteiger partial charge is 0.493 e. The Kier molecular flexibility index (Phi) is 7.12. The second-order valence-electron chi connectivity index (χ2n) is 7.78. The lowest BCUT2D eigenvalue weighted by Crippen LogP contribution is -2.14. The van der Waals surface area contributed by atoms with Crippen LogP contribution in [-0.2, 0) is 9.59 Å². The number of carbonyl (C=O) groups is 2. The molecule has 0 heterocycles. The molecule has 0 spiro atoms. The second kappa shape index (κ2) is 9.96. The molecule has 2 aromatic rings. The molecule has 158 valence electrons. The smallest absolute Gasteiger partial charge is 0.248 e. The molecule has 0 bridgehead atoms. The van der Waals surface area contributed by atoms with Gasteiger partial charge in [-0.25, -0.2) is 0 Å². The van der Waals surface area contributed by atoms with Crippen molar-refractivity contribution in [1.82, 2.24) is 0 Å². The predicted molar refractivity (Wildman–Crippen MR) is 119 cm³/mol. The molecule has 0 saturated heterocycles. The van der Waals surface area contributed by atoms with Crippen molar-refractivity contribution >= 4 is 29.3 Å². The lowest BCUT2D eigenvalue weighted by atomic mass is 10.2. The highest BCUT2D eigenvalue weighted by Crippen LogP contribution is 2.31. The molecule has 1 aliphatic carbocycles. The first-order chi connectivity index (χ1) is 14.4. The molecular weight excluding hydrogens is 380 g/mol. The number of hydrogen-bond acceptors (Lipinski definition) is 4. The number of amides is 2. The van der Waals surface area contributed by atoms with E-state index in [1.807, 2.05) is 18.2 Å². The van der Waals surface area contributed by atoms with Gasteiger partial charge >= 0.3 is 0 Å². The van der Waals surface area contributed by atoms with Gasteiger partial charge in [-0.2, -0.15) is 0 Å². The maximum absolute atomic E-state index is 12.3. The van der Waals surface area contributed by atoms with Crippen LogP contribution in [0, 0.1) is 11.8 Å². The van der Waals surface area contributed by atoms with E-state index in [0.717, 1.165) is 18.4 Å². The van der Waals surface area contributed by atoms with Crippen LogP contribution in [0.1, 0.15) is 32.3 Å². The molecule has 2 aromatic carbocycles. The topological polar surface area (TPSA) is 76.7 Å². The number of benzene rings is 2. The van der Waals surface area contributed by atoms with Gasteiger partial charge < -0.3 is 20.1 Å². The van der Waals surface area contributed by atoms with Gasteiger partial charge in [0, 0.05) is 23.4 Å². The fraction of sp³-hybridized carbons (Fsp3) is 0.333. The van der Waals surface area contributed by atoms with E-state index in [2.05, 4.69) is 24.5 Å². The van der Waals surface area contributed by atoms with Crippen molar-refractivity contribution in [2.75, 3.05) is 24.4 Å². The fourth-order valence-electron chi connectivity index (χ4n) is 2.78. The van der Waals surface area contributed by atoms with Crippen LogP contribution in [0.15, 0.2) is 48.5 Å². The summed E-state index contributed by atoms with van der Waals surface area (Å²) < 4.78 is 11.1.